The van der Waals surface area contributed by atoms with Gasteiger partial charge in [-0.25, -0.2) is 0 Å². The molecule has 1 unspecified atom stereocenters. The van der Waals surface area contributed by atoms with Crippen LogP contribution in [0.4, 0.5) is 13.2 Å². The maximum atomic E-state index is 13.3. The van der Waals surface area contributed by atoms with Crippen molar-refractivity contribution < 1.29 is 18.0 Å². The van der Waals surface area contributed by atoms with E-state index in [0.717, 1.165) is 33.8 Å². The molecule has 0 saturated carbocycles. The van der Waals surface area contributed by atoms with Crippen molar-refractivity contribution in [1.29, 1.82) is 0 Å². The first-order chi connectivity index (χ1) is 16.5. The number of rotatable bonds is 4. The standard InChI is InChI=1S/C27H20F3N3O/c28-27(29,30)19-7-5-8-20(14-19)33-17-23(22-9-2-4-11-26(22)33)24-15-21(34-31-24)16-32-13-12-18-6-1-3-10-25(18)32/h1-14,17,21H,15-16H2. The number of benzene rings is 3. The maximum absolute atomic E-state index is 13.3. The molecule has 7 heteroatoms. The van der Waals surface area contributed by atoms with E-state index in [1.165, 1.54) is 17.5 Å². The Morgan fingerprint density at radius 2 is 1.71 bits per heavy atom. The van der Waals surface area contributed by atoms with Crippen LogP contribution in [0.15, 0.2) is 96.4 Å². The van der Waals surface area contributed by atoms with Gasteiger partial charge in [0.15, 0.2) is 6.10 Å². The number of aromatic nitrogens is 2. The molecule has 0 amide bonds. The van der Waals surface area contributed by atoms with E-state index in [-0.39, 0.29) is 6.10 Å². The van der Waals surface area contributed by atoms with Gasteiger partial charge in [0, 0.05) is 41.0 Å². The first kappa shape index (κ1) is 20.6. The van der Waals surface area contributed by atoms with Gasteiger partial charge in [0.1, 0.15) is 0 Å². The van der Waals surface area contributed by atoms with Gasteiger partial charge in [-0.2, -0.15) is 13.2 Å². The second-order valence-corrected chi connectivity index (χ2v) is 8.47. The summed E-state index contributed by atoms with van der Waals surface area (Å²) in [4.78, 5) is 5.78. The largest absolute Gasteiger partial charge is 0.416 e. The van der Waals surface area contributed by atoms with Crippen LogP contribution in [0.2, 0.25) is 0 Å². The Kier molecular flexibility index (Phi) is 4.72. The molecule has 3 heterocycles. The van der Waals surface area contributed by atoms with Gasteiger partial charge in [-0.15, -0.1) is 0 Å². The predicted molar refractivity (Wildman–Crippen MR) is 126 cm³/mol. The lowest BCUT2D eigenvalue weighted by atomic mass is 10.0. The van der Waals surface area contributed by atoms with E-state index in [4.69, 9.17) is 4.84 Å². The number of hydrogen-bond donors (Lipinski definition) is 0. The highest BCUT2D eigenvalue weighted by Gasteiger charge is 2.31. The second kappa shape index (κ2) is 7.80. The second-order valence-electron chi connectivity index (χ2n) is 8.47. The van der Waals surface area contributed by atoms with Crippen LogP contribution in [0.5, 0.6) is 0 Å². The van der Waals surface area contributed by atoms with Crippen molar-refractivity contribution in [2.75, 3.05) is 0 Å². The molecule has 0 N–H and O–H groups in total. The molecule has 3 aromatic carbocycles. The molecule has 6 rings (SSSR count). The van der Waals surface area contributed by atoms with Gasteiger partial charge in [-0.1, -0.05) is 47.6 Å². The smallest absolute Gasteiger partial charge is 0.390 e. The van der Waals surface area contributed by atoms with Gasteiger partial charge < -0.3 is 14.0 Å². The quantitative estimate of drug-likeness (QED) is 0.291. The first-order valence-corrected chi connectivity index (χ1v) is 11.0. The molecule has 34 heavy (non-hydrogen) atoms. The highest BCUT2D eigenvalue weighted by molar-refractivity contribution is 6.11. The number of fused-ring (bicyclic) bond motifs is 2. The summed E-state index contributed by atoms with van der Waals surface area (Å²) in [6.45, 7) is 0.660. The summed E-state index contributed by atoms with van der Waals surface area (Å²) in [5.41, 5.74) is 3.40. The van der Waals surface area contributed by atoms with E-state index in [9.17, 15) is 13.2 Å². The molecule has 1 aliphatic rings. The van der Waals surface area contributed by atoms with Crippen molar-refractivity contribution in [3.05, 3.63) is 102 Å². The van der Waals surface area contributed by atoms with Crippen LogP contribution in [0, 0.1) is 0 Å². The Morgan fingerprint density at radius 3 is 2.56 bits per heavy atom. The van der Waals surface area contributed by atoms with E-state index in [1.54, 1.807) is 10.6 Å². The SMILES string of the molecule is FC(F)(F)c1cccc(-n2cc(C3=NOC(Cn4ccc5ccccc54)C3)c3ccccc32)c1. The summed E-state index contributed by atoms with van der Waals surface area (Å²) in [5, 5.41) is 6.47. The van der Waals surface area contributed by atoms with Gasteiger partial charge in [0.25, 0.3) is 0 Å². The third kappa shape index (κ3) is 3.53. The number of oxime groups is 1. The summed E-state index contributed by atoms with van der Waals surface area (Å²) in [6.07, 6.45) is -0.00711. The summed E-state index contributed by atoms with van der Waals surface area (Å²) < 4.78 is 43.8. The molecule has 0 spiro atoms. The molecule has 0 radical (unpaired) electrons. The van der Waals surface area contributed by atoms with Crippen molar-refractivity contribution in [1.82, 2.24) is 9.13 Å². The van der Waals surface area contributed by atoms with Gasteiger partial charge >= 0.3 is 6.18 Å². The number of halogens is 3. The Balaban J connectivity index is 1.32. The molecule has 2 aromatic heterocycles. The summed E-state index contributed by atoms with van der Waals surface area (Å²) in [6, 6.07) is 23.3. The predicted octanol–water partition coefficient (Wildman–Crippen LogP) is 6.80. The molecular formula is C27H20F3N3O. The third-order valence-corrected chi connectivity index (χ3v) is 6.29. The van der Waals surface area contributed by atoms with E-state index >= 15 is 0 Å². The van der Waals surface area contributed by atoms with E-state index in [1.807, 2.05) is 48.8 Å². The van der Waals surface area contributed by atoms with Gasteiger partial charge in [-0.05, 0) is 41.8 Å². The molecule has 5 aromatic rings. The van der Waals surface area contributed by atoms with Crippen LogP contribution in [0.1, 0.15) is 17.5 Å². The number of nitrogens with zero attached hydrogens (tertiary/aromatic N) is 3. The minimum Gasteiger partial charge on any atom is -0.390 e. The van der Waals surface area contributed by atoms with E-state index in [0.29, 0.717) is 18.7 Å². The highest BCUT2D eigenvalue weighted by atomic mass is 19.4. The molecular weight excluding hydrogens is 439 g/mol. The Hall–Kier alpha value is -4.00. The van der Waals surface area contributed by atoms with Crippen molar-refractivity contribution in [3.63, 3.8) is 0 Å². The minimum absolute atomic E-state index is 0.124. The topological polar surface area (TPSA) is 31.4 Å². The zero-order valence-electron chi connectivity index (χ0n) is 18.0. The van der Waals surface area contributed by atoms with Crippen LogP contribution in [0.25, 0.3) is 27.5 Å². The fourth-order valence-corrected chi connectivity index (χ4v) is 4.66. The fourth-order valence-electron chi connectivity index (χ4n) is 4.66. The molecule has 170 valence electrons. The molecule has 0 bridgehead atoms. The van der Waals surface area contributed by atoms with Gasteiger partial charge in [0.05, 0.1) is 23.3 Å². The lowest BCUT2D eigenvalue weighted by Crippen LogP contribution is -2.16. The average molecular weight is 459 g/mol. The summed E-state index contributed by atoms with van der Waals surface area (Å²) >= 11 is 0. The van der Waals surface area contributed by atoms with Crippen LogP contribution < -0.4 is 0 Å². The average Bonchev–Trinajstić information content (AvgIpc) is 3.56. The first-order valence-electron chi connectivity index (χ1n) is 11.0. The van der Waals surface area contributed by atoms with Gasteiger partial charge in [-0.3, -0.25) is 0 Å². The molecule has 0 saturated heterocycles. The maximum Gasteiger partial charge on any atom is 0.416 e. The third-order valence-electron chi connectivity index (χ3n) is 6.29. The van der Waals surface area contributed by atoms with Crippen LogP contribution in [-0.2, 0) is 17.6 Å². The Bertz CT molecular complexity index is 1540. The minimum atomic E-state index is -4.40. The van der Waals surface area contributed by atoms with Crippen LogP contribution >= 0.6 is 0 Å². The van der Waals surface area contributed by atoms with Crippen LogP contribution in [0.3, 0.4) is 0 Å². The zero-order valence-corrected chi connectivity index (χ0v) is 18.0. The molecule has 1 aliphatic heterocycles. The molecule has 4 nitrogen and oxygen atoms in total. The van der Waals surface area contributed by atoms with Crippen molar-refractivity contribution in [2.24, 2.45) is 5.16 Å². The normalized spacial score (nSPS) is 16.2. The van der Waals surface area contributed by atoms with E-state index < -0.39 is 11.7 Å². The number of para-hydroxylation sites is 2. The lowest BCUT2D eigenvalue weighted by molar-refractivity contribution is -0.137. The summed E-state index contributed by atoms with van der Waals surface area (Å²) in [7, 11) is 0. The summed E-state index contributed by atoms with van der Waals surface area (Å²) in [5.74, 6) is 0. The number of hydrogen-bond acceptors (Lipinski definition) is 2. The Labute approximate surface area is 193 Å². The van der Waals surface area contributed by atoms with Gasteiger partial charge in [0.2, 0.25) is 0 Å². The molecule has 0 fully saturated rings. The zero-order chi connectivity index (χ0) is 23.3. The number of alkyl halides is 3. The molecule has 0 aliphatic carbocycles. The monoisotopic (exact) mass is 459 g/mol. The lowest BCUT2D eigenvalue weighted by Gasteiger charge is -2.10. The van der Waals surface area contributed by atoms with Crippen molar-refractivity contribution in [3.8, 4) is 5.69 Å². The Morgan fingerprint density at radius 1 is 0.912 bits per heavy atom. The van der Waals surface area contributed by atoms with Crippen molar-refractivity contribution >= 4 is 27.5 Å². The molecule has 1 atom stereocenters. The highest BCUT2D eigenvalue weighted by Crippen LogP contribution is 2.33. The van der Waals surface area contributed by atoms with Crippen LogP contribution in [-0.4, -0.2) is 20.9 Å². The fraction of sp³-hybridized carbons (Fsp3) is 0.148. The van der Waals surface area contributed by atoms with Crippen molar-refractivity contribution in [2.45, 2.75) is 25.2 Å². The van der Waals surface area contributed by atoms with E-state index in [2.05, 4.69) is 27.9 Å².